The maximum absolute atomic E-state index is 14.3. The molecule has 10 nitrogen and oxygen atoms in total. The first kappa shape index (κ1) is 36.5. The predicted octanol–water partition coefficient (Wildman–Crippen LogP) is 7.45. The summed E-state index contributed by atoms with van der Waals surface area (Å²) in [5.74, 6) is -2.88. The van der Waals surface area contributed by atoms with Gasteiger partial charge in [-0.2, -0.15) is 18.3 Å². The molecule has 3 heterocycles. The molecule has 254 valence electrons. The Labute approximate surface area is 285 Å². The number of aromatic nitrogens is 3. The minimum atomic E-state index is -4.69. The van der Waals surface area contributed by atoms with Crippen LogP contribution in [0.25, 0.3) is 22.2 Å². The number of amidine groups is 1. The fourth-order valence-corrected chi connectivity index (χ4v) is 5.65. The third kappa shape index (κ3) is 7.21. The molecule has 0 saturated carbocycles. The largest absolute Gasteiger partial charge is 0.478 e. The summed E-state index contributed by atoms with van der Waals surface area (Å²) < 4.78 is 58.6. The van der Waals surface area contributed by atoms with Gasteiger partial charge in [0.05, 0.1) is 32.2 Å². The third-order valence-electron chi connectivity index (χ3n) is 7.47. The van der Waals surface area contributed by atoms with Gasteiger partial charge in [-0.25, -0.2) is 24.0 Å². The molecule has 1 atom stereocenters. The maximum Gasteiger partial charge on any atom is 0.434 e. The number of nitrogens with zero attached hydrogens (tertiary/aromatic N) is 4. The van der Waals surface area contributed by atoms with Crippen LogP contribution in [0.1, 0.15) is 66.7 Å². The van der Waals surface area contributed by atoms with Gasteiger partial charge < -0.3 is 15.2 Å². The van der Waals surface area contributed by atoms with E-state index in [1.54, 1.807) is 39.0 Å². The fourth-order valence-electron chi connectivity index (χ4n) is 4.65. The topological polar surface area (TPSA) is 136 Å². The van der Waals surface area contributed by atoms with Gasteiger partial charge in [-0.15, -0.1) is 0 Å². The SMILES string of the molecule is CC(C)C1(C)N=C(c2nc3ccccc3cc2C(=O)O)NC1=O.CC(C)OC(=O)c1cc(-c2nn(C)c(C(F)(F)F)c2Br)c(F)cc1Cl. The second-order valence-corrected chi connectivity index (χ2v) is 12.7. The fraction of sp³-hybridized carbons (Fsp3) is 0.312. The molecule has 4 aromatic rings. The van der Waals surface area contributed by atoms with Gasteiger partial charge in [0, 0.05) is 18.0 Å². The zero-order valence-corrected chi connectivity index (χ0v) is 28.7. The molecule has 1 unspecified atom stereocenters. The van der Waals surface area contributed by atoms with Crippen LogP contribution in [0.3, 0.4) is 0 Å². The van der Waals surface area contributed by atoms with Gasteiger partial charge in [0.1, 0.15) is 22.7 Å². The number of para-hydroxylation sites is 1. The van der Waals surface area contributed by atoms with E-state index in [0.717, 1.165) is 24.6 Å². The number of nitrogens with one attached hydrogen (secondary N) is 1. The summed E-state index contributed by atoms with van der Waals surface area (Å²) in [6.07, 6.45) is -5.14. The number of hydrogen-bond acceptors (Lipinski definition) is 7. The number of aliphatic imine (C=N–C) groups is 1. The van der Waals surface area contributed by atoms with Crippen LogP contribution in [-0.4, -0.2) is 55.2 Å². The lowest BCUT2D eigenvalue weighted by Gasteiger charge is -2.21. The van der Waals surface area contributed by atoms with Crippen molar-refractivity contribution in [1.29, 1.82) is 0 Å². The summed E-state index contributed by atoms with van der Waals surface area (Å²) in [7, 11) is 1.08. The number of carbonyl (C=O) groups excluding carboxylic acids is 2. The normalized spacial score (nSPS) is 16.1. The van der Waals surface area contributed by atoms with E-state index in [0.29, 0.717) is 10.2 Å². The third-order valence-corrected chi connectivity index (χ3v) is 8.53. The van der Waals surface area contributed by atoms with Crippen molar-refractivity contribution in [2.45, 2.75) is 52.4 Å². The summed E-state index contributed by atoms with van der Waals surface area (Å²) in [4.78, 5) is 44.8. The molecule has 1 amide bonds. The standard InChI is InChI=1S/C17H17N3O3.C15H12BrClF4N2O2/c1-9(2)17(3)16(23)19-14(20-17)13-11(15(21)22)8-10-6-4-5-7-12(10)18-13;1-6(2)25-14(24)7-4-8(10(18)5-9(7)17)12-11(16)13(15(19,20)21)23(3)22-12/h4-9H,1-3H3,(H,21,22)(H,19,20,23);4-6H,1-3H3. The van der Waals surface area contributed by atoms with E-state index in [1.165, 1.54) is 0 Å². The summed E-state index contributed by atoms with van der Waals surface area (Å²) in [5.41, 5.74) is -1.91. The molecule has 0 saturated heterocycles. The van der Waals surface area contributed by atoms with Crippen molar-refractivity contribution in [3.8, 4) is 11.3 Å². The van der Waals surface area contributed by atoms with E-state index < -0.39 is 45.7 Å². The Morgan fingerprint density at radius 2 is 1.73 bits per heavy atom. The lowest BCUT2D eigenvalue weighted by molar-refractivity contribution is -0.144. The number of aromatic carboxylic acids is 1. The molecule has 2 aromatic carbocycles. The maximum atomic E-state index is 14.3. The number of benzene rings is 2. The monoisotopic (exact) mass is 753 g/mol. The molecule has 0 aliphatic carbocycles. The number of alkyl halides is 3. The number of esters is 1. The highest BCUT2D eigenvalue weighted by atomic mass is 79.9. The van der Waals surface area contributed by atoms with Crippen molar-refractivity contribution in [1.82, 2.24) is 20.1 Å². The van der Waals surface area contributed by atoms with Gasteiger partial charge in [0.25, 0.3) is 5.91 Å². The van der Waals surface area contributed by atoms with Crippen molar-refractivity contribution in [2.24, 2.45) is 18.0 Å². The Morgan fingerprint density at radius 1 is 1.08 bits per heavy atom. The first-order valence-electron chi connectivity index (χ1n) is 14.3. The molecule has 48 heavy (non-hydrogen) atoms. The second kappa shape index (κ2) is 13.6. The quantitative estimate of drug-likeness (QED) is 0.154. The molecule has 5 rings (SSSR count). The zero-order chi connectivity index (χ0) is 35.9. The summed E-state index contributed by atoms with van der Waals surface area (Å²) in [6.45, 7) is 8.76. The van der Waals surface area contributed by atoms with Crippen LogP contribution < -0.4 is 5.32 Å². The van der Waals surface area contributed by atoms with Gasteiger partial charge in [-0.05, 0) is 66.9 Å². The Morgan fingerprint density at radius 3 is 2.27 bits per heavy atom. The number of pyridine rings is 1. The number of aryl methyl sites for hydroxylation is 1. The van der Waals surface area contributed by atoms with Crippen LogP contribution >= 0.6 is 27.5 Å². The van der Waals surface area contributed by atoms with Gasteiger partial charge in [-0.3, -0.25) is 9.48 Å². The van der Waals surface area contributed by atoms with Crippen LogP contribution in [0.2, 0.25) is 5.02 Å². The van der Waals surface area contributed by atoms with Crippen LogP contribution in [-0.2, 0) is 22.8 Å². The molecular formula is C32H29BrClF4N5O5. The molecule has 2 aromatic heterocycles. The first-order valence-corrected chi connectivity index (χ1v) is 15.5. The number of halogens is 6. The average molecular weight is 755 g/mol. The van der Waals surface area contributed by atoms with Crippen molar-refractivity contribution >= 4 is 62.1 Å². The van der Waals surface area contributed by atoms with Crippen molar-refractivity contribution in [3.63, 3.8) is 0 Å². The van der Waals surface area contributed by atoms with Crippen LogP contribution in [0.4, 0.5) is 17.6 Å². The Bertz CT molecular complexity index is 1980. The molecule has 1 aliphatic heterocycles. The number of carboxylic acid groups (broad SMARTS) is 1. The van der Waals surface area contributed by atoms with E-state index >= 15 is 0 Å². The average Bonchev–Trinajstić information content (AvgIpc) is 3.46. The second-order valence-electron chi connectivity index (χ2n) is 11.5. The molecule has 0 bridgehead atoms. The van der Waals surface area contributed by atoms with E-state index in [9.17, 15) is 37.1 Å². The highest BCUT2D eigenvalue weighted by molar-refractivity contribution is 9.10. The van der Waals surface area contributed by atoms with E-state index in [4.69, 9.17) is 16.3 Å². The Hall–Kier alpha value is -4.37. The molecule has 0 radical (unpaired) electrons. The molecule has 2 N–H and O–H groups in total. The number of carbonyl (C=O) groups is 3. The van der Waals surface area contributed by atoms with Gasteiger partial charge in [0.2, 0.25) is 0 Å². The van der Waals surface area contributed by atoms with Gasteiger partial charge in [-0.1, -0.05) is 43.6 Å². The molecule has 0 fully saturated rings. The van der Waals surface area contributed by atoms with E-state index in [1.807, 2.05) is 26.0 Å². The number of amides is 1. The lowest BCUT2D eigenvalue weighted by atomic mass is 9.89. The lowest BCUT2D eigenvalue weighted by Crippen LogP contribution is -2.41. The first-order chi connectivity index (χ1) is 22.3. The minimum absolute atomic E-state index is 0.0197. The predicted molar refractivity (Wildman–Crippen MR) is 173 cm³/mol. The van der Waals surface area contributed by atoms with Crippen molar-refractivity contribution in [2.75, 3.05) is 0 Å². The Kier molecular flexibility index (Phi) is 10.4. The van der Waals surface area contributed by atoms with Crippen LogP contribution in [0, 0.1) is 11.7 Å². The van der Waals surface area contributed by atoms with Crippen LogP contribution in [0.15, 0.2) is 51.9 Å². The smallest absolute Gasteiger partial charge is 0.434 e. The van der Waals surface area contributed by atoms with Gasteiger partial charge >= 0.3 is 18.1 Å². The number of hydrogen-bond donors (Lipinski definition) is 2. The summed E-state index contributed by atoms with van der Waals surface area (Å²) >= 11 is 8.67. The number of fused-ring (bicyclic) bond motifs is 1. The number of rotatable bonds is 6. The van der Waals surface area contributed by atoms with Crippen LogP contribution in [0.5, 0.6) is 0 Å². The molecule has 16 heteroatoms. The van der Waals surface area contributed by atoms with Crippen molar-refractivity contribution in [3.05, 3.63) is 80.3 Å². The molecular weight excluding hydrogens is 726 g/mol. The number of carboxylic acids is 1. The number of ether oxygens (including phenoxy) is 1. The highest BCUT2D eigenvalue weighted by Gasteiger charge is 2.43. The van der Waals surface area contributed by atoms with Crippen molar-refractivity contribution < 1.29 is 41.8 Å². The molecule has 0 spiro atoms. The van der Waals surface area contributed by atoms with E-state index in [-0.39, 0.29) is 50.8 Å². The van der Waals surface area contributed by atoms with E-state index in [2.05, 4.69) is 36.3 Å². The Balaban J connectivity index is 0.000000217. The van der Waals surface area contributed by atoms with Gasteiger partial charge in [0.15, 0.2) is 11.5 Å². The highest BCUT2D eigenvalue weighted by Crippen LogP contribution is 2.41. The summed E-state index contributed by atoms with van der Waals surface area (Å²) in [5, 5.41) is 16.4. The molecule has 1 aliphatic rings. The zero-order valence-electron chi connectivity index (χ0n) is 26.3. The summed E-state index contributed by atoms with van der Waals surface area (Å²) in [6, 6.07) is 10.7. The minimum Gasteiger partial charge on any atom is -0.478 e.